The maximum absolute atomic E-state index is 12.5. The second kappa shape index (κ2) is 12.3. The minimum absolute atomic E-state index is 0.107. The minimum atomic E-state index is -0.586. The number of halogens is 1. The number of nitrogens with zero attached hydrogens (tertiary/aromatic N) is 5. The number of rotatable bonds is 11. The van der Waals surface area contributed by atoms with Crippen molar-refractivity contribution in [3.8, 4) is 5.75 Å². The number of nitro groups is 1. The van der Waals surface area contributed by atoms with E-state index in [2.05, 4.69) is 55.2 Å². The van der Waals surface area contributed by atoms with E-state index in [0.29, 0.717) is 24.1 Å². The molecule has 0 unspecified atom stereocenters. The summed E-state index contributed by atoms with van der Waals surface area (Å²) in [5.74, 6) is 0.0838. The summed E-state index contributed by atoms with van der Waals surface area (Å²) < 4.78 is 3.01. The first-order chi connectivity index (χ1) is 16.8. The van der Waals surface area contributed by atoms with Gasteiger partial charge in [0.05, 0.1) is 22.9 Å². The van der Waals surface area contributed by atoms with Gasteiger partial charge >= 0.3 is 0 Å². The van der Waals surface area contributed by atoms with Gasteiger partial charge in [-0.15, -0.1) is 16.8 Å². The van der Waals surface area contributed by atoms with Gasteiger partial charge in [0.25, 0.3) is 11.6 Å². The number of nitro benzene ring substituents is 1. The molecule has 35 heavy (non-hydrogen) atoms. The Morgan fingerprint density at radius 1 is 1.34 bits per heavy atom. The van der Waals surface area contributed by atoms with Gasteiger partial charge in [0.15, 0.2) is 11.0 Å². The number of non-ortho nitro benzene ring substituents is 1. The van der Waals surface area contributed by atoms with Crippen molar-refractivity contribution in [2.45, 2.75) is 30.4 Å². The fraction of sp³-hybridized carbons (Fsp3) is 0.182. The summed E-state index contributed by atoms with van der Waals surface area (Å²) in [5, 5.41) is 36.3. The normalized spacial score (nSPS) is 11.8. The van der Waals surface area contributed by atoms with E-state index in [9.17, 15) is 20.0 Å². The Morgan fingerprint density at radius 3 is 2.77 bits per heavy atom. The first kappa shape index (κ1) is 26.2. The number of hydrogen-bond acceptors (Lipinski definition) is 9. The molecule has 0 aliphatic heterocycles. The number of benzene rings is 2. The van der Waals surface area contributed by atoms with Gasteiger partial charge in [-0.25, -0.2) is 5.43 Å². The third kappa shape index (κ3) is 7.26. The third-order valence-electron chi connectivity index (χ3n) is 4.65. The highest BCUT2D eigenvalue weighted by molar-refractivity contribution is 14.1. The Bertz CT molecular complexity index is 1250. The molecule has 0 fully saturated rings. The Kier molecular flexibility index (Phi) is 9.19. The van der Waals surface area contributed by atoms with E-state index in [1.165, 1.54) is 23.9 Å². The van der Waals surface area contributed by atoms with Crippen molar-refractivity contribution >= 4 is 57.8 Å². The number of aromatic hydroxyl groups is 1. The van der Waals surface area contributed by atoms with Crippen LogP contribution in [0.25, 0.3) is 0 Å². The maximum Gasteiger partial charge on any atom is 0.270 e. The number of hydrazone groups is 1. The molecule has 182 valence electrons. The van der Waals surface area contributed by atoms with Crippen LogP contribution in [0, 0.1) is 13.7 Å². The lowest BCUT2D eigenvalue weighted by Crippen LogP contribution is -2.27. The summed E-state index contributed by atoms with van der Waals surface area (Å²) >= 11 is 3.45. The van der Waals surface area contributed by atoms with E-state index in [-0.39, 0.29) is 17.0 Å². The second-order valence-electron chi connectivity index (χ2n) is 7.15. The van der Waals surface area contributed by atoms with Gasteiger partial charge in [-0.3, -0.25) is 14.9 Å². The predicted molar refractivity (Wildman–Crippen MR) is 143 cm³/mol. The number of aromatic nitrogens is 3. The molecule has 1 atom stereocenters. The summed E-state index contributed by atoms with van der Waals surface area (Å²) in [7, 11) is 0. The molecule has 0 aliphatic rings. The van der Waals surface area contributed by atoms with Gasteiger partial charge < -0.3 is 15.0 Å². The summed E-state index contributed by atoms with van der Waals surface area (Å²) in [4.78, 5) is 22.8. The largest absolute Gasteiger partial charge is 0.507 e. The van der Waals surface area contributed by atoms with Crippen molar-refractivity contribution in [2.75, 3.05) is 5.32 Å². The van der Waals surface area contributed by atoms with Gasteiger partial charge in [0.1, 0.15) is 5.75 Å². The van der Waals surface area contributed by atoms with Crippen molar-refractivity contribution in [2.24, 2.45) is 5.10 Å². The van der Waals surface area contributed by atoms with Gasteiger partial charge in [-0.05, 0) is 59.8 Å². The lowest BCUT2D eigenvalue weighted by atomic mass is 10.2. The number of amides is 1. The number of carbonyl (C=O) groups is 1. The number of hydrogen-bond donors (Lipinski definition) is 3. The fourth-order valence-corrected chi connectivity index (χ4v) is 4.06. The van der Waals surface area contributed by atoms with Crippen LogP contribution in [0.4, 0.5) is 11.4 Å². The number of thioether (sulfide) groups is 1. The molecule has 1 aromatic heterocycles. The van der Waals surface area contributed by atoms with E-state index < -0.39 is 16.1 Å². The van der Waals surface area contributed by atoms with Gasteiger partial charge in [-0.1, -0.05) is 17.8 Å². The van der Waals surface area contributed by atoms with Gasteiger partial charge in [0, 0.05) is 33.5 Å². The molecular formula is C22H22IN7O4S. The molecule has 13 heteroatoms. The van der Waals surface area contributed by atoms with E-state index in [1.54, 1.807) is 13.0 Å². The lowest BCUT2D eigenvalue weighted by molar-refractivity contribution is -0.384. The summed E-state index contributed by atoms with van der Waals surface area (Å²) in [5.41, 5.74) is 3.23. The van der Waals surface area contributed by atoms with Crippen LogP contribution in [0.15, 0.2) is 65.4 Å². The zero-order valence-corrected chi connectivity index (χ0v) is 21.6. The average Bonchev–Trinajstić information content (AvgIpc) is 3.20. The fourth-order valence-electron chi connectivity index (χ4n) is 2.83. The van der Waals surface area contributed by atoms with Crippen LogP contribution in [0.2, 0.25) is 0 Å². The Labute approximate surface area is 219 Å². The molecule has 0 saturated carbocycles. The van der Waals surface area contributed by atoms with Crippen LogP contribution in [-0.4, -0.2) is 42.2 Å². The zero-order valence-electron chi connectivity index (χ0n) is 18.6. The number of allylic oxidation sites excluding steroid dienone is 1. The topological polar surface area (TPSA) is 148 Å². The van der Waals surface area contributed by atoms with E-state index in [0.717, 1.165) is 21.5 Å². The molecule has 1 heterocycles. The standard InChI is InChI=1S/C22H22IN7O4S/c1-3-10-29-20(13-24-17-6-4-16(23)5-7-17)26-28-22(29)35-14(2)21(32)27-25-12-15-11-18(30(33)34)8-9-19(15)31/h3-9,11-12,14,24,31H,1,10,13H2,2H3,(H,27,32)/t14-/m1/s1. The molecule has 0 saturated heterocycles. The van der Waals surface area contributed by atoms with Gasteiger partial charge in [-0.2, -0.15) is 5.10 Å². The molecule has 0 aliphatic carbocycles. The molecule has 3 aromatic rings. The Hall–Kier alpha value is -3.46. The quantitative estimate of drug-likeness (QED) is 0.0742. The highest BCUT2D eigenvalue weighted by Crippen LogP contribution is 2.24. The number of phenolic OH excluding ortho intramolecular Hbond substituents is 1. The molecule has 1 amide bonds. The van der Waals surface area contributed by atoms with Crippen LogP contribution < -0.4 is 10.7 Å². The van der Waals surface area contributed by atoms with Crippen LogP contribution in [0.5, 0.6) is 5.75 Å². The third-order valence-corrected chi connectivity index (χ3v) is 6.45. The van der Waals surface area contributed by atoms with Crippen molar-refractivity contribution in [3.05, 3.63) is 80.2 Å². The molecule has 0 spiro atoms. The molecule has 0 bridgehead atoms. The maximum atomic E-state index is 12.5. The average molecular weight is 607 g/mol. The highest BCUT2D eigenvalue weighted by Gasteiger charge is 2.20. The van der Waals surface area contributed by atoms with Crippen LogP contribution in [0.3, 0.4) is 0 Å². The van der Waals surface area contributed by atoms with Crippen molar-refractivity contribution in [3.63, 3.8) is 0 Å². The molecule has 2 aromatic carbocycles. The minimum Gasteiger partial charge on any atom is -0.507 e. The first-order valence-electron chi connectivity index (χ1n) is 10.3. The van der Waals surface area contributed by atoms with Crippen molar-refractivity contribution < 1.29 is 14.8 Å². The number of phenols is 1. The van der Waals surface area contributed by atoms with Crippen molar-refractivity contribution in [1.29, 1.82) is 0 Å². The van der Waals surface area contributed by atoms with Crippen LogP contribution in [0.1, 0.15) is 18.3 Å². The Balaban J connectivity index is 1.62. The van der Waals surface area contributed by atoms with Crippen LogP contribution >= 0.6 is 34.4 Å². The number of carbonyl (C=O) groups excluding carboxylic acids is 1. The second-order valence-corrected chi connectivity index (χ2v) is 9.71. The molecule has 0 radical (unpaired) electrons. The highest BCUT2D eigenvalue weighted by atomic mass is 127. The SMILES string of the molecule is C=CCn1c(CNc2ccc(I)cc2)nnc1S[C@H](C)C(=O)NN=Cc1cc([N+](=O)[O-])ccc1O. The summed E-state index contributed by atoms with van der Waals surface area (Å²) in [6.45, 7) is 6.39. The zero-order chi connectivity index (χ0) is 25.4. The molecule has 3 N–H and O–H groups in total. The summed E-state index contributed by atoms with van der Waals surface area (Å²) in [6.07, 6.45) is 2.87. The van der Waals surface area contributed by atoms with E-state index in [1.807, 2.05) is 28.8 Å². The number of nitrogens with one attached hydrogen (secondary N) is 2. The smallest absolute Gasteiger partial charge is 0.270 e. The monoisotopic (exact) mass is 607 g/mol. The predicted octanol–water partition coefficient (Wildman–Crippen LogP) is 3.93. The van der Waals surface area contributed by atoms with Crippen LogP contribution in [-0.2, 0) is 17.9 Å². The molecule has 11 nitrogen and oxygen atoms in total. The van der Waals surface area contributed by atoms with E-state index >= 15 is 0 Å². The van der Waals surface area contributed by atoms with Gasteiger partial charge in [0.2, 0.25) is 0 Å². The molecular weight excluding hydrogens is 585 g/mol. The summed E-state index contributed by atoms with van der Waals surface area (Å²) in [6, 6.07) is 11.5. The van der Waals surface area contributed by atoms with Crippen molar-refractivity contribution in [1.82, 2.24) is 20.2 Å². The number of anilines is 1. The van der Waals surface area contributed by atoms with E-state index in [4.69, 9.17) is 0 Å². The first-order valence-corrected chi connectivity index (χ1v) is 12.2. The lowest BCUT2D eigenvalue weighted by Gasteiger charge is -2.12. The Morgan fingerprint density at radius 2 is 2.09 bits per heavy atom. The molecule has 3 rings (SSSR count).